The smallest absolute Gasteiger partial charge is 0.0377 e. The zero-order valence-electron chi connectivity index (χ0n) is 10.1. The number of hydrogen-bond acceptors (Lipinski definition) is 1. The monoisotopic (exact) mass is 239 g/mol. The van der Waals surface area contributed by atoms with E-state index in [0.717, 1.165) is 18.8 Å². The maximum atomic E-state index is 5.81. The van der Waals surface area contributed by atoms with Gasteiger partial charge in [0.1, 0.15) is 0 Å². The van der Waals surface area contributed by atoms with Gasteiger partial charge in [-0.15, -0.1) is 11.6 Å². The molecule has 0 saturated heterocycles. The normalized spacial score (nSPS) is 12.6. The van der Waals surface area contributed by atoms with Crippen LogP contribution in [0.5, 0.6) is 0 Å². The van der Waals surface area contributed by atoms with E-state index in [9.17, 15) is 0 Å². The van der Waals surface area contributed by atoms with Crippen LogP contribution in [-0.2, 0) is 6.42 Å². The summed E-state index contributed by atoms with van der Waals surface area (Å²) in [7, 11) is 0. The number of hydrogen-bond donors (Lipinski definition) is 1. The quantitative estimate of drug-likeness (QED) is 0.540. The Kier molecular flexibility index (Phi) is 7.28. The van der Waals surface area contributed by atoms with Gasteiger partial charge in [-0.05, 0) is 37.8 Å². The third kappa shape index (κ3) is 5.53. The molecular formula is C14H22ClN. The van der Waals surface area contributed by atoms with Crippen LogP contribution in [0.15, 0.2) is 30.3 Å². The van der Waals surface area contributed by atoms with E-state index >= 15 is 0 Å². The molecule has 0 bridgehead atoms. The minimum atomic E-state index is 0.485. The molecule has 1 rings (SSSR count). The predicted molar refractivity (Wildman–Crippen MR) is 72.2 cm³/mol. The van der Waals surface area contributed by atoms with E-state index in [4.69, 9.17) is 11.6 Å². The molecule has 0 aromatic heterocycles. The van der Waals surface area contributed by atoms with Crippen LogP contribution in [0.4, 0.5) is 0 Å². The molecule has 0 fully saturated rings. The molecule has 0 aliphatic heterocycles. The van der Waals surface area contributed by atoms with Gasteiger partial charge in [0.25, 0.3) is 0 Å². The molecule has 1 aromatic carbocycles. The van der Waals surface area contributed by atoms with Crippen molar-refractivity contribution in [2.75, 3.05) is 12.4 Å². The fraction of sp³-hybridized carbons (Fsp3) is 0.571. The van der Waals surface area contributed by atoms with Crippen molar-refractivity contribution in [1.29, 1.82) is 0 Å². The molecule has 1 atom stereocenters. The van der Waals surface area contributed by atoms with Gasteiger partial charge in [0, 0.05) is 11.9 Å². The molecule has 0 heterocycles. The largest absolute Gasteiger partial charge is 0.313 e. The van der Waals surface area contributed by atoms with Crippen molar-refractivity contribution in [2.24, 2.45) is 0 Å². The summed E-state index contributed by atoms with van der Waals surface area (Å²) in [5.74, 6) is 0.717. The van der Waals surface area contributed by atoms with Crippen LogP contribution < -0.4 is 5.32 Å². The summed E-state index contributed by atoms with van der Waals surface area (Å²) >= 11 is 5.81. The number of aryl methyl sites for hydroxylation is 1. The number of rotatable bonds is 8. The maximum Gasteiger partial charge on any atom is 0.0377 e. The molecule has 0 aliphatic carbocycles. The van der Waals surface area contributed by atoms with E-state index in [1.165, 1.54) is 24.8 Å². The van der Waals surface area contributed by atoms with Crippen molar-refractivity contribution in [3.8, 4) is 0 Å². The average Bonchev–Trinajstić information content (AvgIpc) is 2.35. The topological polar surface area (TPSA) is 12.0 Å². The summed E-state index contributed by atoms with van der Waals surface area (Å²) in [6.07, 6.45) is 4.76. The third-order valence-corrected chi connectivity index (χ3v) is 3.22. The van der Waals surface area contributed by atoms with Gasteiger partial charge in [0.2, 0.25) is 0 Å². The highest BCUT2D eigenvalue weighted by Crippen LogP contribution is 2.04. The Balaban J connectivity index is 2.04. The first-order valence-electron chi connectivity index (χ1n) is 6.20. The van der Waals surface area contributed by atoms with Crippen LogP contribution in [-0.4, -0.2) is 18.5 Å². The number of benzene rings is 1. The maximum absolute atomic E-state index is 5.81. The zero-order valence-corrected chi connectivity index (χ0v) is 10.8. The first-order valence-corrected chi connectivity index (χ1v) is 6.73. The van der Waals surface area contributed by atoms with Crippen LogP contribution in [0.25, 0.3) is 0 Å². The fourth-order valence-electron chi connectivity index (χ4n) is 1.71. The van der Waals surface area contributed by atoms with E-state index in [-0.39, 0.29) is 0 Å². The Morgan fingerprint density at radius 2 is 1.94 bits per heavy atom. The van der Waals surface area contributed by atoms with Gasteiger partial charge >= 0.3 is 0 Å². The SMILES string of the molecule is CCC(CCl)NCCCCc1ccccc1. The van der Waals surface area contributed by atoms with Gasteiger partial charge in [-0.1, -0.05) is 37.3 Å². The minimum Gasteiger partial charge on any atom is -0.313 e. The summed E-state index contributed by atoms with van der Waals surface area (Å²) in [6, 6.07) is 11.2. The van der Waals surface area contributed by atoms with Gasteiger partial charge in [0.05, 0.1) is 0 Å². The van der Waals surface area contributed by atoms with Crippen LogP contribution in [0.2, 0.25) is 0 Å². The molecule has 0 amide bonds. The Bertz CT molecular complexity index is 257. The lowest BCUT2D eigenvalue weighted by Gasteiger charge is -2.13. The van der Waals surface area contributed by atoms with Gasteiger partial charge < -0.3 is 5.32 Å². The molecule has 0 aliphatic rings. The fourth-order valence-corrected chi connectivity index (χ4v) is 2.04. The average molecular weight is 240 g/mol. The molecule has 1 nitrogen and oxygen atoms in total. The summed E-state index contributed by atoms with van der Waals surface area (Å²) in [5.41, 5.74) is 1.44. The second-order valence-electron chi connectivity index (χ2n) is 4.16. The van der Waals surface area contributed by atoms with Gasteiger partial charge in [-0.3, -0.25) is 0 Å². The summed E-state index contributed by atoms with van der Waals surface area (Å²) in [6.45, 7) is 3.25. The minimum absolute atomic E-state index is 0.485. The number of nitrogens with one attached hydrogen (secondary N) is 1. The molecule has 2 heteroatoms. The van der Waals surface area contributed by atoms with Crippen LogP contribution in [0, 0.1) is 0 Å². The van der Waals surface area contributed by atoms with E-state index in [1.807, 2.05) is 0 Å². The molecule has 0 spiro atoms. The van der Waals surface area contributed by atoms with Crippen LogP contribution >= 0.6 is 11.6 Å². The molecule has 0 radical (unpaired) electrons. The zero-order chi connectivity index (χ0) is 11.6. The molecule has 90 valence electrons. The lowest BCUT2D eigenvalue weighted by molar-refractivity contribution is 0.520. The molecule has 1 aromatic rings. The highest BCUT2D eigenvalue weighted by molar-refractivity contribution is 6.18. The van der Waals surface area contributed by atoms with E-state index in [1.54, 1.807) is 0 Å². The van der Waals surface area contributed by atoms with E-state index in [2.05, 4.69) is 42.6 Å². The molecule has 1 N–H and O–H groups in total. The van der Waals surface area contributed by atoms with Gasteiger partial charge in [0.15, 0.2) is 0 Å². The Hall–Kier alpha value is -0.530. The number of alkyl halides is 1. The van der Waals surface area contributed by atoms with Gasteiger partial charge in [-0.2, -0.15) is 0 Å². The molecule has 1 unspecified atom stereocenters. The van der Waals surface area contributed by atoms with Crippen molar-refractivity contribution < 1.29 is 0 Å². The number of halogens is 1. The summed E-state index contributed by atoms with van der Waals surface area (Å²) in [5, 5.41) is 3.47. The molecule has 0 saturated carbocycles. The predicted octanol–water partition coefficient (Wildman–Crippen LogP) is 3.62. The molecular weight excluding hydrogens is 218 g/mol. The van der Waals surface area contributed by atoms with Crippen LogP contribution in [0.3, 0.4) is 0 Å². The van der Waals surface area contributed by atoms with Crippen molar-refractivity contribution in [3.05, 3.63) is 35.9 Å². The lowest BCUT2D eigenvalue weighted by atomic mass is 10.1. The lowest BCUT2D eigenvalue weighted by Crippen LogP contribution is -2.30. The Labute approximate surface area is 104 Å². The van der Waals surface area contributed by atoms with Gasteiger partial charge in [-0.25, -0.2) is 0 Å². The van der Waals surface area contributed by atoms with Crippen LogP contribution in [0.1, 0.15) is 31.7 Å². The summed E-state index contributed by atoms with van der Waals surface area (Å²) in [4.78, 5) is 0. The highest BCUT2D eigenvalue weighted by Gasteiger charge is 2.01. The van der Waals surface area contributed by atoms with Crippen molar-refractivity contribution in [2.45, 2.75) is 38.6 Å². The first-order chi connectivity index (χ1) is 7.86. The standard InChI is InChI=1S/C14H22ClN/c1-2-14(12-15)16-11-7-6-10-13-8-4-3-5-9-13/h3-5,8-9,14,16H,2,6-7,10-12H2,1H3. The Morgan fingerprint density at radius 3 is 2.56 bits per heavy atom. The number of unbranched alkanes of at least 4 members (excludes halogenated alkanes) is 1. The summed E-state index contributed by atoms with van der Waals surface area (Å²) < 4.78 is 0. The first kappa shape index (κ1) is 13.5. The van der Waals surface area contributed by atoms with Crippen molar-refractivity contribution in [1.82, 2.24) is 5.32 Å². The van der Waals surface area contributed by atoms with Crippen molar-refractivity contribution in [3.63, 3.8) is 0 Å². The van der Waals surface area contributed by atoms with Crippen molar-refractivity contribution >= 4 is 11.6 Å². The second kappa shape index (κ2) is 8.60. The second-order valence-corrected chi connectivity index (χ2v) is 4.46. The Morgan fingerprint density at radius 1 is 1.19 bits per heavy atom. The van der Waals surface area contributed by atoms with E-state index in [0.29, 0.717) is 6.04 Å². The highest BCUT2D eigenvalue weighted by atomic mass is 35.5. The third-order valence-electron chi connectivity index (χ3n) is 2.85. The molecule has 16 heavy (non-hydrogen) atoms. The van der Waals surface area contributed by atoms with E-state index < -0.39 is 0 Å².